The molecule has 0 saturated carbocycles. The van der Waals surface area contributed by atoms with Crippen LogP contribution >= 0.6 is 0 Å². The van der Waals surface area contributed by atoms with Crippen molar-refractivity contribution in [3.8, 4) is 0 Å². The van der Waals surface area contributed by atoms with Gasteiger partial charge in [-0.3, -0.25) is 0 Å². The highest BCUT2D eigenvalue weighted by Crippen LogP contribution is 2.33. The minimum absolute atomic E-state index is 0.470. The standard InChI is InChI=1S/C19H24N2/c1-2-8-18(16-9-4-3-5-10-16)21-14-13-20-15-17-11-6-7-12-19(17)21/h3-7,9-12,18,20H,2,8,13-15H2,1H3. The summed E-state index contributed by atoms with van der Waals surface area (Å²) in [5, 5.41) is 3.54. The molecular formula is C19H24N2. The second kappa shape index (κ2) is 6.77. The van der Waals surface area contributed by atoms with Gasteiger partial charge in [-0.1, -0.05) is 61.9 Å². The van der Waals surface area contributed by atoms with Crippen molar-refractivity contribution in [2.75, 3.05) is 18.0 Å². The van der Waals surface area contributed by atoms with Gasteiger partial charge in [0.1, 0.15) is 0 Å². The van der Waals surface area contributed by atoms with Gasteiger partial charge in [-0.25, -0.2) is 0 Å². The topological polar surface area (TPSA) is 15.3 Å². The Labute approximate surface area is 127 Å². The van der Waals surface area contributed by atoms with Crippen molar-refractivity contribution in [3.63, 3.8) is 0 Å². The number of rotatable bonds is 4. The Morgan fingerprint density at radius 1 is 1.05 bits per heavy atom. The van der Waals surface area contributed by atoms with Gasteiger partial charge in [-0.05, 0) is 23.6 Å². The van der Waals surface area contributed by atoms with Gasteiger partial charge >= 0.3 is 0 Å². The van der Waals surface area contributed by atoms with Crippen molar-refractivity contribution in [1.82, 2.24) is 5.32 Å². The maximum absolute atomic E-state index is 3.54. The molecule has 0 fully saturated rings. The van der Waals surface area contributed by atoms with Crippen molar-refractivity contribution >= 4 is 5.69 Å². The minimum Gasteiger partial charge on any atom is -0.363 e. The zero-order valence-electron chi connectivity index (χ0n) is 12.8. The monoisotopic (exact) mass is 280 g/mol. The Morgan fingerprint density at radius 3 is 2.62 bits per heavy atom. The van der Waals surface area contributed by atoms with Crippen molar-refractivity contribution in [2.24, 2.45) is 0 Å². The first kappa shape index (κ1) is 14.2. The van der Waals surface area contributed by atoms with Crippen molar-refractivity contribution in [2.45, 2.75) is 32.4 Å². The third-order valence-electron chi connectivity index (χ3n) is 4.27. The van der Waals surface area contributed by atoms with E-state index < -0.39 is 0 Å². The first-order valence-corrected chi connectivity index (χ1v) is 8.00. The molecule has 1 aliphatic rings. The molecule has 0 radical (unpaired) electrons. The van der Waals surface area contributed by atoms with Gasteiger partial charge in [0.15, 0.2) is 0 Å². The molecule has 0 spiro atoms. The Balaban J connectivity index is 1.99. The van der Waals surface area contributed by atoms with Crippen LogP contribution in [0.15, 0.2) is 54.6 Å². The van der Waals surface area contributed by atoms with Gasteiger partial charge < -0.3 is 10.2 Å². The normalized spacial score (nSPS) is 16.1. The highest BCUT2D eigenvalue weighted by Gasteiger charge is 2.23. The maximum atomic E-state index is 3.54. The number of para-hydroxylation sites is 1. The third kappa shape index (κ3) is 3.11. The fourth-order valence-electron chi connectivity index (χ4n) is 3.26. The number of nitrogens with zero attached hydrogens (tertiary/aromatic N) is 1. The summed E-state index contributed by atoms with van der Waals surface area (Å²) in [6, 6.07) is 20.2. The summed E-state index contributed by atoms with van der Waals surface area (Å²) in [7, 11) is 0. The molecule has 1 atom stereocenters. The number of benzene rings is 2. The summed E-state index contributed by atoms with van der Waals surface area (Å²) in [6.07, 6.45) is 2.39. The molecule has 0 aromatic heterocycles. The molecule has 2 nitrogen and oxygen atoms in total. The quantitative estimate of drug-likeness (QED) is 0.905. The number of hydrogen-bond donors (Lipinski definition) is 1. The van der Waals surface area contributed by atoms with Crippen LogP contribution in [0.4, 0.5) is 5.69 Å². The van der Waals surface area contributed by atoms with E-state index in [1.807, 2.05) is 0 Å². The SMILES string of the molecule is CCCC(c1ccccc1)N1CCNCc2ccccc21. The van der Waals surface area contributed by atoms with Gasteiger partial charge in [-0.2, -0.15) is 0 Å². The van der Waals surface area contributed by atoms with E-state index in [2.05, 4.69) is 71.7 Å². The fourth-order valence-corrected chi connectivity index (χ4v) is 3.26. The van der Waals surface area contributed by atoms with Gasteiger partial charge in [0.2, 0.25) is 0 Å². The molecule has 110 valence electrons. The van der Waals surface area contributed by atoms with Crippen LogP contribution in [0.25, 0.3) is 0 Å². The van der Waals surface area contributed by atoms with Crippen LogP contribution in [0.1, 0.15) is 36.9 Å². The number of hydrogen-bond acceptors (Lipinski definition) is 2. The van der Waals surface area contributed by atoms with Crippen LogP contribution in [0.2, 0.25) is 0 Å². The molecule has 1 heterocycles. The molecule has 3 rings (SSSR count). The van der Waals surface area contributed by atoms with E-state index in [9.17, 15) is 0 Å². The summed E-state index contributed by atoms with van der Waals surface area (Å²) in [5.74, 6) is 0. The third-order valence-corrected chi connectivity index (χ3v) is 4.27. The highest BCUT2D eigenvalue weighted by molar-refractivity contribution is 5.56. The Hall–Kier alpha value is -1.80. The Morgan fingerprint density at radius 2 is 1.81 bits per heavy atom. The second-order valence-electron chi connectivity index (χ2n) is 5.71. The lowest BCUT2D eigenvalue weighted by atomic mass is 9.99. The second-order valence-corrected chi connectivity index (χ2v) is 5.71. The molecule has 0 bridgehead atoms. The van der Waals surface area contributed by atoms with E-state index in [4.69, 9.17) is 0 Å². The van der Waals surface area contributed by atoms with Crippen LogP contribution in [0.5, 0.6) is 0 Å². The Kier molecular flexibility index (Phi) is 4.56. The zero-order chi connectivity index (χ0) is 14.5. The van der Waals surface area contributed by atoms with E-state index >= 15 is 0 Å². The van der Waals surface area contributed by atoms with Crippen LogP contribution in [0, 0.1) is 0 Å². The fraction of sp³-hybridized carbons (Fsp3) is 0.368. The van der Waals surface area contributed by atoms with E-state index in [1.54, 1.807) is 0 Å². The summed E-state index contributed by atoms with van der Waals surface area (Å²) in [6.45, 7) is 5.36. The summed E-state index contributed by atoms with van der Waals surface area (Å²) < 4.78 is 0. The predicted molar refractivity (Wildman–Crippen MR) is 89.6 cm³/mol. The lowest BCUT2D eigenvalue weighted by Gasteiger charge is -2.34. The number of nitrogens with one attached hydrogen (secondary N) is 1. The van der Waals surface area contributed by atoms with Gasteiger partial charge in [-0.15, -0.1) is 0 Å². The summed E-state index contributed by atoms with van der Waals surface area (Å²) in [4.78, 5) is 2.59. The number of fused-ring (bicyclic) bond motifs is 1. The Bertz CT molecular complexity index is 565. The van der Waals surface area contributed by atoms with Crippen LogP contribution in [-0.2, 0) is 6.54 Å². The lowest BCUT2D eigenvalue weighted by Crippen LogP contribution is -2.32. The number of anilines is 1. The average Bonchev–Trinajstić information content (AvgIpc) is 2.76. The molecule has 0 saturated heterocycles. The molecule has 0 amide bonds. The highest BCUT2D eigenvalue weighted by atomic mass is 15.2. The van der Waals surface area contributed by atoms with Gasteiger partial charge in [0, 0.05) is 25.3 Å². The molecule has 0 aliphatic carbocycles. The largest absolute Gasteiger partial charge is 0.363 e. The molecule has 2 aromatic rings. The van der Waals surface area contributed by atoms with Crippen LogP contribution in [-0.4, -0.2) is 13.1 Å². The van der Waals surface area contributed by atoms with Crippen molar-refractivity contribution in [3.05, 3.63) is 65.7 Å². The van der Waals surface area contributed by atoms with E-state index in [0.717, 1.165) is 19.6 Å². The molecule has 1 unspecified atom stereocenters. The zero-order valence-corrected chi connectivity index (χ0v) is 12.8. The molecule has 2 aromatic carbocycles. The smallest absolute Gasteiger partial charge is 0.0543 e. The first-order chi connectivity index (χ1) is 10.4. The molecule has 1 aliphatic heterocycles. The first-order valence-electron chi connectivity index (χ1n) is 8.00. The van der Waals surface area contributed by atoms with E-state index in [0.29, 0.717) is 6.04 Å². The van der Waals surface area contributed by atoms with Crippen molar-refractivity contribution < 1.29 is 0 Å². The molecule has 21 heavy (non-hydrogen) atoms. The molecule has 2 heteroatoms. The lowest BCUT2D eigenvalue weighted by molar-refractivity contribution is 0.561. The predicted octanol–water partition coefficient (Wildman–Crippen LogP) is 4.14. The average molecular weight is 280 g/mol. The van der Waals surface area contributed by atoms with Gasteiger partial charge in [0.25, 0.3) is 0 Å². The van der Waals surface area contributed by atoms with E-state index in [-0.39, 0.29) is 0 Å². The molecule has 1 N–H and O–H groups in total. The van der Waals surface area contributed by atoms with Crippen LogP contribution in [0.3, 0.4) is 0 Å². The summed E-state index contributed by atoms with van der Waals surface area (Å²) in [5.41, 5.74) is 4.23. The summed E-state index contributed by atoms with van der Waals surface area (Å²) >= 11 is 0. The van der Waals surface area contributed by atoms with Crippen molar-refractivity contribution in [1.29, 1.82) is 0 Å². The van der Waals surface area contributed by atoms with Gasteiger partial charge in [0.05, 0.1) is 6.04 Å². The van der Waals surface area contributed by atoms with Crippen LogP contribution < -0.4 is 10.2 Å². The van der Waals surface area contributed by atoms with E-state index in [1.165, 1.54) is 29.7 Å². The maximum Gasteiger partial charge on any atom is 0.0543 e. The minimum atomic E-state index is 0.470. The molecular weight excluding hydrogens is 256 g/mol.